The largest absolute Gasteiger partial charge is 0.313 e. The summed E-state index contributed by atoms with van der Waals surface area (Å²) in [7, 11) is 2.21. The fraction of sp³-hybridized carbons (Fsp3) is 0.636. The van der Waals surface area contributed by atoms with Gasteiger partial charge < -0.3 is 5.32 Å². The smallest absolute Gasteiger partial charge is 0.0325 e. The van der Waals surface area contributed by atoms with Crippen LogP contribution in [-0.2, 0) is 6.54 Å². The van der Waals surface area contributed by atoms with Gasteiger partial charge in [0.2, 0.25) is 0 Å². The van der Waals surface area contributed by atoms with Crippen molar-refractivity contribution in [1.29, 1.82) is 0 Å². The van der Waals surface area contributed by atoms with Crippen LogP contribution in [0.1, 0.15) is 17.7 Å². The van der Waals surface area contributed by atoms with Crippen molar-refractivity contribution in [1.82, 2.24) is 10.2 Å². The second-order valence-electron chi connectivity index (χ2n) is 4.07. The quantitative estimate of drug-likeness (QED) is 0.817. The first kappa shape index (κ1) is 10.1. The molecule has 1 aromatic heterocycles. The lowest BCUT2D eigenvalue weighted by Crippen LogP contribution is -2.34. The highest BCUT2D eigenvalue weighted by Crippen LogP contribution is 2.12. The molecule has 0 unspecified atom stereocenters. The summed E-state index contributed by atoms with van der Waals surface area (Å²) < 4.78 is 0. The average molecular weight is 210 g/mol. The normalized spacial score (nSPS) is 22.0. The molecule has 2 rings (SSSR count). The lowest BCUT2D eigenvalue weighted by molar-refractivity contribution is 0.295. The number of hydrogen-bond acceptors (Lipinski definition) is 3. The first-order chi connectivity index (χ1) is 6.84. The van der Waals surface area contributed by atoms with Crippen molar-refractivity contribution < 1.29 is 0 Å². The number of thiophene rings is 1. The van der Waals surface area contributed by atoms with Crippen LogP contribution in [0.4, 0.5) is 0 Å². The second-order valence-corrected chi connectivity index (χ2v) is 5.10. The maximum Gasteiger partial charge on any atom is 0.0325 e. The minimum atomic E-state index is 0.722. The molecule has 1 fully saturated rings. The van der Waals surface area contributed by atoms with Crippen LogP contribution in [-0.4, -0.2) is 31.1 Å². The first-order valence-electron chi connectivity index (χ1n) is 5.29. The van der Waals surface area contributed by atoms with E-state index in [0.717, 1.165) is 12.6 Å². The molecular formula is C11H18N2S. The standard InChI is InChI=1S/C11H18N2S/c1-13(8-10-4-2-6-12-10)9-11-5-3-7-14-11/h3,5,7,10,12H,2,4,6,8-9H2,1H3/t10-/m1/s1. The van der Waals surface area contributed by atoms with E-state index in [1.165, 1.54) is 30.8 Å². The molecule has 3 heteroatoms. The van der Waals surface area contributed by atoms with Crippen LogP contribution in [0, 0.1) is 0 Å². The minimum absolute atomic E-state index is 0.722. The monoisotopic (exact) mass is 210 g/mol. The molecule has 1 aliphatic heterocycles. The molecule has 14 heavy (non-hydrogen) atoms. The van der Waals surface area contributed by atoms with E-state index in [9.17, 15) is 0 Å². The van der Waals surface area contributed by atoms with Gasteiger partial charge in [0, 0.05) is 24.0 Å². The van der Waals surface area contributed by atoms with Crippen molar-refractivity contribution in [2.24, 2.45) is 0 Å². The van der Waals surface area contributed by atoms with E-state index >= 15 is 0 Å². The summed E-state index contributed by atoms with van der Waals surface area (Å²) in [5.74, 6) is 0. The molecule has 0 saturated carbocycles. The van der Waals surface area contributed by atoms with E-state index in [0.29, 0.717) is 0 Å². The molecule has 1 aromatic rings. The zero-order chi connectivity index (χ0) is 9.80. The average Bonchev–Trinajstić information content (AvgIpc) is 2.76. The van der Waals surface area contributed by atoms with E-state index in [4.69, 9.17) is 0 Å². The Morgan fingerprint density at radius 1 is 1.64 bits per heavy atom. The van der Waals surface area contributed by atoms with Gasteiger partial charge in [-0.15, -0.1) is 11.3 Å². The Hall–Kier alpha value is -0.380. The molecule has 1 aliphatic rings. The highest BCUT2D eigenvalue weighted by atomic mass is 32.1. The molecule has 1 N–H and O–H groups in total. The molecule has 0 amide bonds. The van der Waals surface area contributed by atoms with Crippen molar-refractivity contribution in [3.05, 3.63) is 22.4 Å². The fourth-order valence-corrected chi connectivity index (χ4v) is 2.81. The van der Waals surface area contributed by atoms with Gasteiger partial charge in [0.15, 0.2) is 0 Å². The van der Waals surface area contributed by atoms with Gasteiger partial charge >= 0.3 is 0 Å². The first-order valence-corrected chi connectivity index (χ1v) is 6.17. The number of nitrogens with one attached hydrogen (secondary N) is 1. The fourth-order valence-electron chi connectivity index (χ4n) is 2.02. The molecule has 2 heterocycles. The third-order valence-corrected chi connectivity index (χ3v) is 3.56. The SMILES string of the molecule is CN(Cc1cccs1)C[C@H]1CCCN1. The molecule has 1 atom stereocenters. The lowest BCUT2D eigenvalue weighted by Gasteiger charge is -2.20. The van der Waals surface area contributed by atoms with Gasteiger partial charge in [0.1, 0.15) is 0 Å². The Morgan fingerprint density at radius 2 is 2.57 bits per heavy atom. The summed E-state index contributed by atoms with van der Waals surface area (Å²) in [6.07, 6.45) is 2.69. The summed E-state index contributed by atoms with van der Waals surface area (Å²) in [6, 6.07) is 5.06. The van der Waals surface area contributed by atoms with Crippen LogP contribution in [0.5, 0.6) is 0 Å². The third kappa shape index (κ3) is 2.80. The molecule has 0 spiro atoms. The molecule has 2 nitrogen and oxygen atoms in total. The zero-order valence-electron chi connectivity index (χ0n) is 8.70. The van der Waals surface area contributed by atoms with E-state index in [-0.39, 0.29) is 0 Å². The molecule has 0 bridgehead atoms. The predicted octanol–water partition coefficient (Wildman–Crippen LogP) is 1.93. The summed E-state index contributed by atoms with van der Waals surface area (Å²) in [4.78, 5) is 3.87. The second kappa shape index (κ2) is 4.91. The minimum Gasteiger partial charge on any atom is -0.313 e. The van der Waals surface area contributed by atoms with Crippen LogP contribution in [0.2, 0.25) is 0 Å². The number of hydrogen-bond donors (Lipinski definition) is 1. The molecule has 0 aromatic carbocycles. The van der Waals surface area contributed by atoms with Gasteiger partial charge in [-0.1, -0.05) is 6.07 Å². The molecule has 0 radical (unpaired) electrons. The van der Waals surface area contributed by atoms with Crippen molar-refractivity contribution in [2.45, 2.75) is 25.4 Å². The van der Waals surface area contributed by atoms with E-state index in [1.54, 1.807) is 0 Å². The zero-order valence-corrected chi connectivity index (χ0v) is 9.52. The Labute approximate surface area is 89.9 Å². The maximum atomic E-state index is 3.53. The van der Waals surface area contributed by atoms with Gasteiger partial charge in [0.05, 0.1) is 0 Å². The van der Waals surface area contributed by atoms with E-state index in [2.05, 4.69) is 34.8 Å². The van der Waals surface area contributed by atoms with Crippen LogP contribution < -0.4 is 5.32 Å². The Kier molecular flexibility index (Phi) is 3.56. The Bertz CT molecular complexity index is 252. The lowest BCUT2D eigenvalue weighted by atomic mass is 10.2. The third-order valence-electron chi connectivity index (χ3n) is 2.70. The van der Waals surface area contributed by atoms with Gasteiger partial charge in [-0.05, 0) is 37.9 Å². The van der Waals surface area contributed by atoms with Crippen LogP contribution in [0.3, 0.4) is 0 Å². The van der Waals surface area contributed by atoms with E-state index in [1.807, 2.05) is 11.3 Å². The van der Waals surface area contributed by atoms with Crippen molar-refractivity contribution in [2.75, 3.05) is 20.1 Å². The molecular weight excluding hydrogens is 192 g/mol. The van der Waals surface area contributed by atoms with Crippen molar-refractivity contribution in [3.8, 4) is 0 Å². The maximum absolute atomic E-state index is 3.53. The summed E-state index contributed by atoms with van der Waals surface area (Å²) >= 11 is 1.85. The summed E-state index contributed by atoms with van der Waals surface area (Å²) in [5, 5.41) is 5.68. The number of rotatable bonds is 4. The highest BCUT2D eigenvalue weighted by molar-refractivity contribution is 7.09. The molecule has 78 valence electrons. The summed E-state index contributed by atoms with van der Waals surface area (Å²) in [5.41, 5.74) is 0. The topological polar surface area (TPSA) is 15.3 Å². The Balaban J connectivity index is 1.75. The molecule has 0 aliphatic carbocycles. The number of nitrogens with zero attached hydrogens (tertiary/aromatic N) is 1. The number of likely N-dealkylation sites (N-methyl/N-ethyl adjacent to an activating group) is 1. The van der Waals surface area contributed by atoms with Crippen LogP contribution in [0.25, 0.3) is 0 Å². The predicted molar refractivity (Wildman–Crippen MR) is 61.7 cm³/mol. The van der Waals surface area contributed by atoms with Gasteiger partial charge in [-0.2, -0.15) is 0 Å². The molecule has 1 saturated heterocycles. The summed E-state index contributed by atoms with van der Waals surface area (Å²) in [6.45, 7) is 3.48. The van der Waals surface area contributed by atoms with Crippen molar-refractivity contribution >= 4 is 11.3 Å². The van der Waals surface area contributed by atoms with Crippen molar-refractivity contribution in [3.63, 3.8) is 0 Å². The van der Waals surface area contributed by atoms with E-state index < -0.39 is 0 Å². The van der Waals surface area contributed by atoms with Gasteiger partial charge in [-0.25, -0.2) is 0 Å². The highest BCUT2D eigenvalue weighted by Gasteiger charge is 2.15. The Morgan fingerprint density at radius 3 is 3.21 bits per heavy atom. The van der Waals surface area contributed by atoms with Crippen LogP contribution >= 0.6 is 11.3 Å². The van der Waals surface area contributed by atoms with Gasteiger partial charge in [-0.3, -0.25) is 4.90 Å². The van der Waals surface area contributed by atoms with Gasteiger partial charge in [0.25, 0.3) is 0 Å². The van der Waals surface area contributed by atoms with Crippen LogP contribution in [0.15, 0.2) is 17.5 Å².